The lowest BCUT2D eigenvalue weighted by Crippen LogP contribution is -2.39. The van der Waals surface area contributed by atoms with Crippen LogP contribution in [0.15, 0.2) is 71.0 Å². The number of hydrogen-bond acceptors (Lipinski definition) is 3. The molecule has 0 N–H and O–H groups in total. The van der Waals surface area contributed by atoms with Gasteiger partial charge >= 0.3 is 5.69 Å². The minimum atomic E-state index is -0.987. The Morgan fingerprint density at radius 1 is 1.07 bits per heavy atom. The minimum absolute atomic E-state index is 0.00243. The number of hydrogen-bond donors (Lipinski definition) is 0. The molecule has 0 aliphatic rings. The van der Waals surface area contributed by atoms with Crippen LogP contribution in [0, 0.1) is 11.6 Å². The number of aromatic nitrogens is 4. The lowest BCUT2D eigenvalue weighted by Gasteiger charge is -2.12. The molecule has 0 radical (unpaired) electrons. The molecule has 0 amide bonds. The summed E-state index contributed by atoms with van der Waals surface area (Å²) in [6.07, 6.45) is 2.83. The summed E-state index contributed by atoms with van der Waals surface area (Å²) in [6.45, 7) is 3.67. The second-order valence-corrected chi connectivity index (χ2v) is 7.03. The number of imidazole rings is 1. The highest BCUT2D eigenvalue weighted by atomic mass is 35.5. The fraction of sp³-hybridized carbons (Fsp3) is 0.0952. The topological polar surface area (TPSA) is 61.8 Å². The standard InChI is InChI=1S/C21H15ClF2N4O2/c1-2-9-27-20(29)18-19(28(21(27)30)15-6-4-14(22)5-7-15)25-12-26(18)11-13-3-8-16(23)17(24)10-13/h2-8,10,12H,1,9,11H2. The van der Waals surface area contributed by atoms with E-state index in [1.807, 2.05) is 0 Å². The van der Waals surface area contributed by atoms with Crippen LogP contribution in [0.25, 0.3) is 16.9 Å². The van der Waals surface area contributed by atoms with Crippen LogP contribution in [0.4, 0.5) is 8.78 Å². The van der Waals surface area contributed by atoms with E-state index < -0.39 is 22.9 Å². The van der Waals surface area contributed by atoms with Crippen LogP contribution in [-0.4, -0.2) is 18.7 Å². The van der Waals surface area contributed by atoms with Crippen LogP contribution in [0.5, 0.6) is 0 Å². The van der Waals surface area contributed by atoms with Crippen molar-refractivity contribution in [2.75, 3.05) is 0 Å². The van der Waals surface area contributed by atoms with Gasteiger partial charge in [0.2, 0.25) is 0 Å². The summed E-state index contributed by atoms with van der Waals surface area (Å²) >= 11 is 5.95. The SMILES string of the molecule is C=CCn1c(=O)c2c(ncn2Cc2ccc(F)c(F)c2)n(-c2ccc(Cl)cc2)c1=O. The normalized spacial score (nSPS) is 11.2. The predicted octanol–water partition coefficient (Wildman–Crippen LogP) is 3.51. The van der Waals surface area contributed by atoms with Crippen LogP contribution in [0.1, 0.15) is 5.56 Å². The van der Waals surface area contributed by atoms with Gasteiger partial charge in [0.05, 0.1) is 12.0 Å². The van der Waals surface area contributed by atoms with Gasteiger partial charge in [-0.15, -0.1) is 6.58 Å². The fourth-order valence-corrected chi connectivity index (χ4v) is 3.37. The fourth-order valence-electron chi connectivity index (χ4n) is 3.25. The van der Waals surface area contributed by atoms with Gasteiger partial charge in [-0.1, -0.05) is 23.7 Å². The van der Waals surface area contributed by atoms with Crippen LogP contribution in [-0.2, 0) is 13.1 Å². The molecule has 2 aromatic carbocycles. The van der Waals surface area contributed by atoms with Gasteiger partial charge in [-0.05, 0) is 42.0 Å². The van der Waals surface area contributed by atoms with E-state index in [4.69, 9.17) is 11.6 Å². The molecule has 2 heterocycles. The van der Waals surface area contributed by atoms with E-state index in [-0.39, 0.29) is 24.3 Å². The number of benzene rings is 2. The van der Waals surface area contributed by atoms with Crippen molar-refractivity contribution >= 4 is 22.8 Å². The molecule has 152 valence electrons. The van der Waals surface area contributed by atoms with E-state index in [1.165, 1.54) is 27.6 Å². The van der Waals surface area contributed by atoms with Crippen molar-refractivity contribution in [1.82, 2.24) is 18.7 Å². The first-order valence-corrected chi connectivity index (χ1v) is 9.30. The van der Waals surface area contributed by atoms with Gasteiger partial charge in [0.25, 0.3) is 5.56 Å². The summed E-state index contributed by atoms with van der Waals surface area (Å²) in [5.41, 5.74) is 0.0803. The Morgan fingerprint density at radius 3 is 2.47 bits per heavy atom. The quantitative estimate of drug-likeness (QED) is 0.457. The predicted molar refractivity (Wildman–Crippen MR) is 110 cm³/mol. The molecule has 2 aromatic heterocycles. The van der Waals surface area contributed by atoms with E-state index in [9.17, 15) is 18.4 Å². The average Bonchev–Trinajstić information content (AvgIpc) is 3.13. The number of nitrogens with zero attached hydrogens (tertiary/aromatic N) is 4. The van der Waals surface area contributed by atoms with Crippen LogP contribution >= 0.6 is 11.6 Å². The summed E-state index contributed by atoms with van der Waals surface area (Å²) in [4.78, 5) is 30.4. The highest BCUT2D eigenvalue weighted by Gasteiger charge is 2.19. The summed E-state index contributed by atoms with van der Waals surface area (Å²) < 4.78 is 30.7. The van der Waals surface area contributed by atoms with E-state index >= 15 is 0 Å². The van der Waals surface area contributed by atoms with Crippen molar-refractivity contribution in [1.29, 1.82) is 0 Å². The first kappa shape index (κ1) is 19.8. The summed E-state index contributed by atoms with van der Waals surface area (Å²) in [7, 11) is 0. The first-order valence-electron chi connectivity index (χ1n) is 8.92. The third kappa shape index (κ3) is 3.35. The second-order valence-electron chi connectivity index (χ2n) is 6.59. The Hall–Kier alpha value is -3.52. The number of rotatable bonds is 5. The molecule has 0 fully saturated rings. The van der Waals surface area contributed by atoms with Crippen molar-refractivity contribution < 1.29 is 8.78 Å². The monoisotopic (exact) mass is 428 g/mol. The Bertz CT molecular complexity index is 1390. The Labute approximate surface area is 173 Å². The zero-order chi connectivity index (χ0) is 21.4. The maximum absolute atomic E-state index is 13.6. The summed E-state index contributed by atoms with van der Waals surface area (Å²) in [5.74, 6) is -1.95. The van der Waals surface area contributed by atoms with Gasteiger partial charge in [-0.2, -0.15) is 0 Å². The molecular formula is C21H15ClF2N4O2. The highest BCUT2D eigenvalue weighted by molar-refractivity contribution is 6.30. The molecule has 0 saturated carbocycles. The van der Waals surface area contributed by atoms with Gasteiger partial charge in [0.15, 0.2) is 22.8 Å². The maximum atomic E-state index is 13.6. The third-order valence-corrected chi connectivity index (χ3v) is 4.89. The number of fused-ring (bicyclic) bond motifs is 1. The van der Waals surface area contributed by atoms with E-state index in [2.05, 4.69) is 11.6 Å². The Morgan fingerprint density at radius 2 is 1.80 bits per heavy atom. The Balaban J connectivity index is 1.97. The van der Waals surface area contributed by atoms with Crippen molar-refractivity contribution in [2.24, 2.45) is 0 Å². The summed E-state index contributed by atoms with van der Waals surface area (Å²) in [6, 6.07) is 10.0. The largest absolute Gasteiger partial charge is 0.337 e. The molecule has 0 aliphatic carbocycles. The Kier molecular flexibility index (Phi) is 5.09. The molecular weight excluding hydrogens is 414 g/mol. The summed E-state index contributed by atoms with van der Waals surface area (Å²) in [5, 5.41) is 0.492. The molecule has 6 nitrogen and oxygen atoms in total. The molecule has 0 saturated heterocycles. The van der Waals surface area contributed by atoms with Crippen LogP contribution in [0.3, 0.4) is 0 Å². The zero-order valence-electron chi connectivity index (χ0n) is 15.6. The molecule has 0 spiro atoms. The molecule has 9 heteroatoms. The molecule has 0 bridgehead atoms. The zero-order valence-corrected chi connectivity index (χ0v) is 16.3. The molecule has 4 aromatic rings. The lowest BCUT2D eigenvalue weighted by molar-refractivity contribution is 0.506. The van der Waals surface area contributed by atoms with E-state index in [1.54, 1.807) is 24.3 Å². The van der Waals surface area contributed by atoms with Crippen LogP contribution in [0.2, 0.25) is 5.02 Å². The van der Waals surface area contributed by atoms with Gasteiger partial charge in [-0.25, -0.2) is 23.1 Å². The van der Waals surface area contributed by atoms with Crippen LogP contribution < -0.4 is 11.2 Å². The van der Waals surface area contributed by atoms with Crippen molar-refractivity contribution in [3.05, 3.63) is 105 Å². The van der Waals surface area contributed by atoms with Crippen molar-refractivity contribution in [2.45, 2.75) is 13.1 Å². The van der Waals surface area contributed by atoms with Gasteiger partial charge < -0.3 is 4.57 Å². The molecule has 30 heavy (non-hydrogen) atoms. The first-order chi connectivity index (χ1) is 14.4. The number of allylic oxidation sites excluding steroid dienone is 1. The molecule has 0 aliphatic heterocycles. The van der Waals surface area contributed by atoms with Gasteiger partial charge in [0.1, 0.15) is 0 Å². The third-order valence-electron chi connectivity index (χ3n) is 4.63. The van der Waals surface area contributed by atoms with Gasteiger partial charge in [0, 0.05) is 18.1 Å². The second kappa shape index (κ2) is 7.72. The molecule has 0 atom stereocenters. The number of halogens is 3. The lowest BCUT2D eigenvalue weighted by atomic mass is 10.2. The van der Waals surface area contributed by atoms with Crippen molar-refractivity contribution in [3.63, 3.8) is 0 Å². The smallest absolute Gasteiger partial charge is 0.320 e. The van der Waals surface area contributed by atoms with E-state index in [0.29, 0.717) is 16.3 Å². The minimum Gasteiger partial charge on any atom is -0.320 e. The van der Waals surface area contributed by atoms with E-state index in [0.717, 1.165) is 16.7 Å². The maximum Gasteiger partial charge on any atom is 0.337 e. The van der Waals surface area contributed by atoms with Crippen molar-refractivity contribution in [3.8, 4) is 5.69 Å². The average molecular weight is 429 g/mol. The van der Waals surface area contributed by atoms with Gasteiger partial charge in [-0.3, -0.25) is 9.36 Å². The molecule has 4 rings (SSSR count). The highest BCUT2D eigenvalue weighted by Crippen LogP contribution is 2.17. The molecule has 0 unspecified atom stereocenters.